The van der Waals surface area contributed by atoms with E-state index in [9.17, 15) is 9.59 Å². The Labute approximate surface area is 168 Å². The van der Waals surface area contributed by atoms with Crippen molar-refractivity contribution in [2.24, 2.45) is 0 Å². The van der Waals surface area contributed by atoms with Crippen molar-refractivity contribution in [1.82, 2.24) is 4.90 Å². The molecule has 2 aliphatic rings. The summed E-state index contributed by atoms with van der Waals surface area (Å²) in [6.45, 7) is 2.79. The number of hydrogen-bond donors (Lipinski definition) is 1. The lowest BCUT2D eigenvalue weighted by Gasteiger charge is -2.37. The fourth-order valence-corrected chi connectivity index (χ4v) is 4.70. The average molecular weight is 398 g/mol. The first-order valence-corrected chi connectivity index (χ1v) is 10.3. The van der Waals surface area contributed by atoms with Crippen LogP contribution in [-0.4, -0.2) is 55.3 Å². The van der Waals surface area contributed by atoms with E-state index in [2.05, 4.69) is 10.2 Å². The molecule has 7 heteroatoms. The van der Waals surface area contributed by atoms with Crippen molar-refractivity contribution in [2.75, 3.05) is 43.5 Å². The molecule has 2 amide bonds. The Morgan fingerprint density at radius 3 is 2.61 bits per heavy atom. The predicted molar refractivity (Wildman–Crippen MR) is 111 cm³/mol. The van der Waals surface area contributed by atoms with Crippen LogP contribution in [0.25, 0.3) is 0 Å². The van der Waals surface area contributed by atoms with Gasteiger partial charge in [-0.1, -0.05) is 24.3 Å². The molecule has 0 bridgehead atoms. The van der Waals surface area contributed by atoms with Gasteiger partial charge in [0.05, 0.1) is 23.7 Å². The number of fused-ring (bicyclic) bond motifs is 1. The van der Waals surface area contributed by atoms with Crippen molar-refractivity contribution < 1.29 is 14.3 Å². The number of benzene rings is 2. The first-order chi connectivity index (χ1) is 13.7. The van der Waals surface area contributed by atoms with E-state index in [1.165, 1.54) is 11.8 Å². The van der Waals surface area contributed by atoms with Crippen LogP contribution in [0.15, 0.2) is 53.4 Å². The van der Waals surface area contributed by atoms with E-state index in [4.69, 9.17) is 4.74 Å². The topological polar surface area (TPSA) is 61.9 Å². The fourth-order valence-electron chi connectivity index (χ4n) is 3.60. The average Bonchev–Trinajstić information content (AvgIpc) is 2.74. The number of amides is 2. The Kier molecular flexibility index (Phi) is 5.43. The van der Waals surface area contributed by atoms with Crippen LogP contribution in [0.2, 0.25) is 0 Å². The number of carbonyl (C=O) groups excluding carboxylic acids is 2. The van der Waals surface area contributed by atoms with Crippen LogP contribution in [0.5, 0.6) is 5.75 Å². The minimum Gasteiger partial charge on any atom is -0.495 e. The number of ether oxygens (including phenoxy) is 1. The molecule has 1 N–H and O–H groups in total. The lowest BCUT2D eigenvalue weighted by atomic mass is 10.2. The maximum Gasteiger partial charge on any atom is 0.238 e. The normalized spacial score (nSPS) is 19.0. The maximum atomic E-state index is 12.8. The molecule has 4 rings (SSSR count). The highest BCUT2D eigenvalue weighted by Gasteiger charge is 2.31. The molecule has 2 aromatic rings. The van der Waals surface area contributed by atoms with E-state index in [-0.39, 0.29) is 23.5 Å². The van der Waals surface area contributed by atoms with Crippen LogP contribution in [0.3, 0.4) is 0 Å². The van der Waals surface area contributed by atoms with Gasteiger partial charge in [0.25, 0.3) is 0 Å². The number of para-hydroxylation sites is 3. The largest absolute Gasteiger partial charge is 0.495 e. The molecule has 0 aliphatic carbocycles. The monoisotopic (exact) mass is 397 g/mol. The van der Waals surface area contributed by atoms with Crippen molar-refractivity contribution in [3.63, 3.8) is 0 Å². The predicted octanol–water partition coefficient (Wildman–Crippen LogP) is 2.85. The quantitative estimate of drug-likeness (QED) is 0.860. The van der Waals surface area contributed by atoms with Crippen LogP contribution in [0, 0.1) is 0 Å². The Bertz CT molecular complexity index is 881. The molecule has 1 saturated heterocycles. The molecular formula is C21H23N3O3S. The van der Waals surface area contributed by atoms with Gasteiger partial charge in [-0.3, -0.25) is 9.59 Å². The van der Waals surface area contributed by atoms with Gasteiger partial charge in [0.2, 0.25) is 11.8 Å². The van der Waals surface area contributed by atoms with Gasteiger partial charge in [0, 0.05) is 37.5 Å². The zero-order valence-electron chi connectivity index (χ0n) is 15.8. The van der Waals surface area contributed by atoms with Crippen molar-refractivity contribution in [1.29, 1.82) is 0 Å². The van der Waals surface area contributed by atoms with Crippen LogP contribution >= 0.6 is 11.8 Å². The van der Waals surface area contributed by atoms with E-state index in [0.29, 0.717) is 13.1 Å². The smallest absolute Gasteiger partial charge is 0.238 e. The first-order valence-electron chi connectivity index (χ1n) is 9.38. The third-order valence-electron chi connectivity index (χ3n) is 5.12. The van der Waals surface area contributed by atoms with E-state index in [1.54, 1.807) is 7.11 Å². The van der Waals surface area contributed by atoms with Gasteiger partial charge in [-0.05, 0) is 24.3 Å². The molecule has 1 atom stereocenters. The zero-order chi connectivity index (χ0) is 19.5. The van der Waals surface area contributed by atoms with Gasteiger partial charge in [0.15, 0.2) is 0 Å². The van der Waals surface area contributed by atoms with Gasteiger partial charge < -0.3 is 19.9 Å². The zero-order valence-corrected chi connectivity index (χ0v) is 16.6. The molecule has 0 aromatic heterocycles. The summed E-state index contributed by atoms with van der Waals surface area (Å²) in [4.78, 5) is 30.3. The number of nitrogens with zero attached hydrogens (tertiary/aromatic N) is 2. The van der Waals surface area contributed by atoms with Crippen molar-refractivity contribution >= 4 is 35.0 Å². The molecule has 2 aliphatic heterocycles. The molecule has 0 radical (unpaired) electrons. The first kappa shape index (κ1) is 18.7. The van der Waals surface area contributed by atoms with Gasteiger partial charge in [0.1, 0.15) is 5.75 Å². The number of nitrogens with one attached hydrogen (secondary N) is 1. The number of methoxy groups -OCH3 is 1. The van der Waals surface area contributed by atoms with Gasteiger partial charge in [-0.25, -0.2) is 0 Å². The molecule has 28 heavy (non-hydrogen) atoms. The van der Waals surface area contributed by atoms with Crippen LogP contribution in [0.4, 0.5) is 11.4 Å². The molecule has 2 aromatic carbocycles. The molecule has 2 heterocycles. The van der Waals surface area contributed by atoms with Crippen molar-refractivity contribution in [2.45, 2.75) is 16.6 Å². The van der Waals surface area contributed by atoms with Crippen molar-refractivity contribution in [3.05, 3.63) is 48.5 Å². The highest BCUT2D eigenvalue weighted by Crippen LogP contribution is 2.37. The number of rotatable bonds is 4. The molecule has 0 unspecified atom stereocenters. The fraction of sp³-hybridized carbons (Fsp3) is 0.333. The number of anilines is 2. The highest BCUT2D eigenvalue weighted by molar-refractivity contribution is 8.01. The minimum absolute atomic E-state index is 0.0340. The Morgan fingerprint density at radius 2 is 1.82 bits per heavy atom. The number of carbonyl (C=O) groups is 2. The van der Waals surface area contributed by atoms with Gasteiger partial charge in [-0.15, -0.1) is 11.8 Å². The molecule has 0 saturated carbocycles. The van der Waals surface area contributed by atoms with E-state index < -0.39 is 0 Å². The summed E-state index contributed by atoms with van der Waals surface area (Å²) in [6.07, 6.45) is 0.222. The third kappa shape index (κ3) is 3.80. The summed E-state index contributed by atoms with van der Waals surface area (Å²) >= 11 is 1.47. The molecular weight excluding hydrogens is 374 g/mol. The molecule has 6 nitrogen and oxygen atoms in total. The summed E-state index contributed by atoms with van der Waals surface area (Å²) in [5, 5.41) is 2.53. The standard InChI is InChI=1S/C21H23N3O3S/c1-27-17-8-4-3-7-16(17)23-10-12-24(13-11-23)20(25)14-19-21(26)22-15-6-2-5-9-18(15)28-19/h2-9,19H,10-14H2,1H3,(H,22,26)/t19-/m1/s1. The minimum atomic E-state index is -0.380. The summed E-state index contributed by atoms with van der Waals surface area (Å²) in [6, 6.07) is 15.6. The highest BCUT2D eigenvalue weighted by atomic mass is 32.2. The summed E-state index contributed by atoms with van der Waals surface area (Å²) in [7, 11) is 1.67. The lowest BCUT2D eigenvalue weighted by Crippen LogP contribution is -2.49. The second kappa shape index (κ2) is 8.14. The van der Waals surface area contributed by atoms with Gasteiger partial charge in [-0.2, -0.15) is 0 Å². The van der Waals surface area contributed by atoms with Crippen LogP contribution in [-0.2, 0) is 9.59 Å². The Balaban J connectivity index is 1.35. The molecule has 0 spiro atoms. The second-order valence-corrected chi connectivity index (χ2v) is 8.08. The van der Waals surface area contributed by atoms with Crippen molar-refractivity contribution in [3.8, 4) is 5.75 Å². The maximum absolute atomic E-state index is 12.8. The Hall–Kier alpha value is -2.67. The van der Waals surface area contributed by atoms with E-state index >= 15 is 0 Å². The van der Waals surface area contributed by atoms with Gasteiger partial charge >= 0.3 is 0 Å². The van der Waals surface area contributed by atoms with Crippen LogP contribution in [0.1, 0.15) is 6.42 Å². The Morgan fingerprint density at radius 1 is 1.11 bits per heavy atom. The summed E-state index contributed by atoms with van der Waals surface area (Å²) < 4.78 is 5.44. The second-order valence-electron chi connectivity index (χ2n) is 6.84. The van der Waals surface area contributed by atoms with Crippen LogP contribution < -0.4 is 15.0 Å². The molecule has 146 valence electrons. The van der Waals surface area contributed by atoms with E-state index in [1.807, 2.05) is 53.4 Å². The lowest BCUT2D eigenvalue weighted by molar-refractivity contribution is -0.132. The van der Waals surface area contributed by atoms with E-state index in [0.717, 1.165) is 35.1 Å². The number of hydrogen-bond acceptors (Lipinski definition) is 5. The number of thioether (sulfide) groups is 1. The number of piperazine rings is 1. The summed E-state index contributed by atoms with van der Waals surface area (Å²) in [5.41, 5.74) is 1.88. The molecule has 1 fully saturated rings. The third-order valence-corrected chi connectivity index (χ3v) is 6.40. The summed E-state index contributed by atoms with van der Waals surface area (Å²) in [5.74, 6) is 0.785. The SMILES string of the molecule is COc1ccccc1N1CCN(C(=O)C[C@H]2Sc3ccccc3NC2=O)CC1.